The summed E-state index contributed by atoms with van der Waals surface area (Å²) >= 11 is 12.4. The van der Waals surface area contributed by atoms with Crippen LogP contribution in [0.5, 0.6) is 0 Å². The maximum Gasteiger partial charge on any atom is 0.217 e. The molecule has 1 aliphatic heterocycles. The summed E-state index contributed by atoms with van der Waals surface area (Å²) in [4.78, 5) is 18.1. The second-order valence-electron chi connectivity index (χ2n) is 6.31. The summed E-state index contributed by atoms with van der Waals surface area (Å²) in [5, 5.41) is 4.68. The van der Waals surface area contributed by atoms with E-state index in [4.69, 9.17) is 33.9 Å². The zero-order valence-electron chi connectivity index (χ0n) is 15.0. The van der Waals surface area contributed by atoms with Crippen LogP contribution in [-0.4, -0.2) is 42.9 Å². The molecule has 0 spiro atoms. The number of hydrogen-bond acceptors (Lipinski definition) is 2. The van der Waals surface area contributed by atoms with Gasteiger partial charge in [0.15, 0.2) is 5.96 Å². The third kappa shape index (κ3) is 7.12. The van der Waals surface area contributed by atoms with Crippen LogP contribution in [-0.2, 0) is 11.2 Å². The van der Waals surface area contributed by atoms with Crippen molar-refractivity contribution in [2.75, 3.05) is 26.2 Å². The van der Waals surface area contributed by atoms with Gasteiger partial charge in [-0.2, -0.15) is 0 Å². The Morgan fingerprint density at radius 1 is 1.38 bits per heavy atom. The van der Waals surface area contributed by atoms with Gasteiger partial charge in [-0.05, 0) is 49.8 Å². The molecule has 1 amide bonds. The van der Waals surface area contributed by atoms with Gasteiger partial charge in [0.05, 0.1) is 0 Å². The zero-order chi connectivity index (χ0) is 18.2. The highest BCUT2D eigenvalue weighted by Gasteiger charge is 2.23. The van der Waals surface area contributed by atoms with E-state index < -0.39 is 0 Å². The molecule has 0 radical (unpaired) electrons. The maximum absolute atomic E-state index is 11.2. The van der Waals surface area contributed by atoms with E-state index in [0.29, 0.717) is 35.3 Å². The van der Waals surface area contributed by atoms with Crippen LogP contribution >= 0.6 is 47.2 Å². The first kappa shape index (κ1) is 23.3. The van der Waals surface area contributed by atoms with Crippen molar-refractivity contribution in [3.8, 4) is 0 Å². The molecule has 26 heavy (non-hydrogen) atoms. The molecule has 3 N–H and O–H groups in total. The quantitative estimate of drug-likeness (QED) is 0.347. The van der Waals surface area contributed by atoms with E-state index in [1.165, 1.54) is 0 Å². The second kappa shape index (κ2) is 11.9. The fourth-order valence-electron chi connectivity index (χ4n) is 3.18. The minimum atomic E-state index is -0.234. The summed E-state index contributed by atoms with van der Waals surface area (Å²) in [6.07, 6.45) is 3.20. The number of likely N-dealkylation sites (tertiary alicyclic amines) is 1. The molecule has 8 heteroatoms. The van der Waals surface area contributed by atoms with Crippen LogP contribution in [0.2, 0.25) is 10.0 Å². The predicted molar refractivity (Wildman–Crippen MR) is 120 cm³/mol. The Morgan fingerprint density at radius 2 is 2.08 bits per heavy atom. The monoisotopic (exact) mass is 512 g/mol. The number of guanidine groups is 1. The molecule has 0 saturated carbocycles. The Labute approximate surface area is 182 Å². The van der Waals surface area contributed by atoms with Gasteiger partial charge in [0.2, 0.25) is 5.91 Å². The largest absolute Gasteiger partial charge is 0.370 e. The molecule has 0 bridgehead atoms. The summed E-state index contributed by atoms with van der Waals surface area (Å²) in [6.45, 7) is 5.19. The Kier molecular flexibility index (Phi) is 10.6. The number of rotatable bonds is 6. The fourth-order valence-corrected chi connectivity index (χ4v) is 3.77. The van der Waals surface area contributed by atoms with Crippen LogP contribution in [0.1, 0.15) is 31.7 Å². The number of nitrogens with zero attached hydrogens (tertiary/aromatic N) is 2. The van der Waals surface area contributed by atoms with Gasteiger partial charge >= 0.3 is 0 Å². The lowest BCUT2D eigenvalue weighted by molar-refractivity contribution is -0.119. The first-order chi connectivity index (χ1) is 12.0. The van der Waals surface area contributed by atoms with Crippen molar-refractivity contribution in [3.63, 3.8) is 0 Å². The molecule has 2 rings (SSSR count). The molecule has 1 saturated heterocycles. The van der Waals surface area contributed by atoms with Crippen molar-refractivity contribution in [1.82, 2.24) is 10.2 Å². The number of piperidine rings is 1. The summed E-state index contributed by atoms with van der Waals surface area (Å²) in [5.74, 6) is 0.940. The molecule has 1 aromatic carbocycles. The molecule has 1 fully saturated rings. The molecule has 146 valence electrons. The Bertz CT molecular complexity index is 607. The Hall–Kier alpha value is -0.730. The molecule has 1 aliphatic rings. The first-order valence-electron chi connectivity index (χ1n) is 8.75. The number of hydrogen-bond donors (Lipinski definition) is 2. The van der Waals surface area contributed by atoms with E-state index in [0.717, 1.165) is 44.0 Å². The van der Waals surface area contributed by atoms with Crippen LogP contribution in [0.25, 0.3) is 0 Å². The molecule has 5 nitrogen and oxygen atoms in total. The van der Waals surface area contributed by atoms with Crippen molar-refractivity contribution >= 4 is 59.0 Å². The third-order valence-electron chi connectivity index (χ3n) is 4.33. The average Bonchev–Trinajstić information content (AvgIpc) is 2.56. The van der Waals surface area contributed by atoms with E-state index in [9.17, 15) is 4.79 Å². The zero-order valence-corrected chi connectivity index (χ0v) is 18.9. The van der Waals surface area contributed by atoms with Crippen molar-refractivity contribution < 1.29 is 4.79 Å². The van der Waals surface area contributed by atoms with Crippen molar-refractivity contribution in [1.29, 1.82) is 0 Å². The fraction of sp³-hybridized carbons (Fsp3) is 0.556. The SMILES string of the molecule is CCNC(=NCCc1c(Cl)cccc1Cl)N1CCCC(CC(N)=O)C1.I. The number of nitrogens with one attached hydrogen (secondary N) is 1. The number of carbonyl (C=O) groups is 1. The standard InChI is InChI=1S/C18H26Cl2N4O.HI/c1-2-22-18(24-10-4-5-13(12-24)11-17(21)25)23-9-8-14-15(19)6-3-7-16(14)20;/h3,6-7,13H,2,4-5,8-12H2,1H3,(H2,21,25)(H,22,23);1H. The normalized spacial score (nSPS) is 17.6. The molecular formula is C18H27Cl2IN4O. The van der Waals surface area contributed by atoms with E-state index >= 15 is 0 Å². The van der Waals surface area contributed by atoms with Gasteiger partial charge in [-0.3, -0.25) is 9.79 Å². The Morgan fingerprint density at radius 3 is 2.69 bits per heavy atom. The lowest BCUT2D eigenvalue weighted by atomic mass is 9.95. The molecule has 0 aromatic heterocycles. The summed E-state index contributed by atoms with van der Waals surface area (Å²) in [5.41, 5.74) is 6.27. The van der Waals surface area contributed by atoms with Crippen LogP contribution in [0.4, 0.5) is 0 Å². The number of halogens is 3. The lowest BCUT2D eigenvalue weighted by Gasteiger charge is -2.34. The summed E-state index contributed by atoms with van der Waals surface area (Å²) in [6, 6.07) is 5.53. The van der Waals surface area contributed by atoms with Gasteiger partial charge in [-0.15, -0.1) is 24.0 Å². The third-order valence-corrected chi connectivity index (χ3v) is 5.04. The lowest BCUT2D eigenvalue weighted by Crippen LogP contribution is -2.47. The Balaban J connectivity index is 0.00000338. The molecule has 1 atom stereocenters. The highest BCUT2D eigenvalue weighted by molar-refractivity contribution is 14.0. The highest BCUT2D eigenvalue weighted by atomic mass is 127. The average molecular weight is 513 g/mol. The molecule has 0 aliphatic carbocycles. The molecule has 1 heterocycles. The van der Waals surface area contributed by atoms with Gasteiger partial charge in [0.25, 0.3) is 0 Å². The van der Waals surface area contributed by atoms with Crippen molar-refractivity contribution in [2.24, 2.45) is 16.6 Å². The van der Waals surface area contributed by atoms with Gasteiger partial charge in [-0.25, -0.2) is 0 Å². The van der Waals surface area contributed by atoms with Crippen molar-refractivity contribution in [3.05, 3.63) is 33.8 Å². The number of aliphatic imine (C=N–C) groups is 1. The van der Waals surface area contributed by atoms with Gasteiger partial charge in [-0.1, -0.05) is 29.3 Å². The van der Waals surface area contributed by atoms with Crippen LogP contribution < -0.4 is 11.1 Å². The van der Waals surface area contributed by atoms with Gasteiger partial charge in [0.1, 0.15) is 0 Å². The van der Waals surface area contributed by atoms with E-state index in [2.05, 4.69) is 10.2 Å². The number of nitrogens with two attached hydrogens (primary N) is 1. The minimum absolute atomic E-state index is 0. The van der Waals surface area contributed by atoms with Crippen LogP contribution in [0, 0.1) is 5.92 Å². The molecular weight excluding hydrogens is 486 g/mol. The van der Waals surface area contributed by atoms with E-state index in [1.54, 1.807) is 0 Å². The first-order valence-corrected chi connectivity index (χ1v) is 9.51. The van der Waals surface area contributed by atoms with Crippen LogP contribution in [0.3, 0.4) is 0 Å². The number of carbonyl (C=O) groups excluding carboxylic acids is 1. The van der Waals surface area contributed by atoms with Crippen LogP contribution in [0.15, 0.2) is 23.2 Å². The predicted octanol–water partition coefficient (Wildman–Crippen LogP) is 3.71. The van der Waals surface area contributed by atoms with Gasteiger partial charge < -0.3 is 16.0 Å². The summed E-state index contributed by atoms with van der Waals surface area (Å²) in [7, 11) is 0. The van der Waals surface area contributed by atoms with Gasteiger partial charge in [0, 0.05) is 42.6 Å². The maximum atomic E-state index is 11.2. The number of benzene rings is 1. The number of primary amides is 1. The number of amides is 1. The topological polar surface area (TPSA) is 70.7 Å². The molecule has 1 unspecified atom stereocenters. The second-order valence-corrected chi connectivity index (χ2v) is 7.12. The van der Waals surface area contributed by atoms with Crippen molar-refractivity contribution in [2.45, 2.75) is 32.6 Å². The molecule has 1 aromatic rings. The summed E-state index contributed by atoms with van der Waals surface area (Å²) < 4.78 is 0. The minimum Gasteiger partial charge on any atom is -0.370 e. The smallest absolute Gasteiger partial charge is 0.217 e. The van der Waals surface area contributed by atoms with E-state index in [1.807, 2.05) is 25.1 Å². The van der Waals surface area contributed by atoms with E-state index in [-0.39, 0.29) is 29.9 Å². The highest BCUT2D eigenvalue weighted by Crippen LogP contribution is 2.25.